The van der Waals surface area contributed by atoms with Gasteiger partial charge in [0, 0.05) is 40.3 Å². The van der Waals surface area contributed by atoms with Gasteiger partial charge < -0.3 is 29.9 Å². The van der Waals surface area contributed by atoms with Crippen LogP contribution in [0.1, 0.15) is 11.1 Å². The summed E-state index contributed by atoms with van der Waals surface area (Å²) in [6, 6.07) is 17.4. The first-order valence-corrected chi connectivity index (χ1v) is 12.2. The number of amides is 4. The highest BCUT2D eigenvalue weighted by Crippen LogP contribution is 2.06. The summed E-state index contributed by atoms with van der Waals surface area (Å²) in [4.78, 5) is 51.5. The van der Waals surface area contributed by atoms with Gasteiger partial charge in [0.15, 0.2) is 0 Å². The van der Waals surface area contributed by atoms with E-state index in [0.717, 1.165) is 23.3 Å². The summed E-state index contributed by atoms with van der Waals surface area (Å²) >= 11 is 0. The molecule has 0 spiro atoms. The van der Waals surface area contributed by atoms with E-state index >= 15 is 0 Å². The maximum atomic E-state index is 12.2. The maximum Gasteiger partial charge on any atom is 0.331 e. The van der Waals surface area contributed by atoms with Gasteiger partial charge in [-0.3, -0.25) is 0 Å². The molecule has 0 aromatic heterocycles. The zero-order chi connectivity index (χ0) is 27.9. The van der Waals surface area contributed by atoms with Gasteiger partial charge in [0.05, 0.1) is 12.1 Å². The smallest absolute Gasteiger partial charge is 0.331 e. The van der Waals surface area contributed by atoms with Crippen molar-refractivity contribution in [3.8, 4) is 0 Å². The molecule has 2 rings (SSSR count). The summed E-state index contributed by atoms with van der Waals surface area (Å²) in [5.74, 6) is -1.50. The molecule has 10 nitrogen and oxygen atoms in total. The average Bonchev–Trinajstić information content (AvgIpc) is 2.90. The Kier molecular flexibility index (Phi) is 12.4. The molecular formula is C28H36N4O6. The number of nitrogens with one attached hydrogen (secondary N) is 2. The molecule has 2 N–H and O–H groups in total. The van der Waals surface area contributed by atoms with Crippen LogP contribution in [0, 0.1) is 0 Å². The third kappa shape index (κ3) is 11.6. The topological polar surface area (TPSA) is 117 Å². The van der Waals surface area contributed by atoms with Crippen LogP contribution < -0.4 is 10.6 Å². The van der Waals surface area contributed by atoms with Gasteiger partial charge in [-0.25, -0.2) is 19.2 Å². The number of hydrogen-bond acceptors (Lipinski definition) is 6. The van der Waals surface area contributed by atoms with Crippen LogP contribution in [-0.2, 0) is 31.9 Å². The Morgan fingerprint density at radius 3 is 1.32 bits per heavy atom. The number of rotatable bonds is 12. The van der Waals surface area contributed by atoms with Crippen LogP contribution in [-0.4, -0.2) is 87.3 Å². The van der Waals surface area contributed by atoms with Crippen LogP contribution in [0.15, 0.2) is 72.8 Å². The minimum absolute atomic E-state index is 0.0809. The average molecular weight is 525 g/mol. The summed E-state index contributed by atoms with van der Waals surface area (Å²) in [5, 5.41) is 5.63. The molecule has 38 heavy (non-hydrogen) atoms. The fourth-order valence-corrected chi connectivity index (χ4v) is 3.31. The van der Waals surface area contributed by atoms with E-state index in [1.54, 1.807) is 28.2 Å². The van der Waals surface area contributed by atoms with E-state index < -0.39 is 24.0 Å². The summed E-state index contributed by atoms with van der Waals surface area (Å²) in [7, 11) is 6.47. The Morgan fingerprint density at radius 2 is 1.00 bits per heavy atom. The van der Waals surface area contributed by atoms with Crippen LogP contribution in [0.2, 0.25) is 0 Å². The minimum atomic E-state index is -0.749. The number of ether oxygens (including phenoxy) is 2. The molecule has 4 amide bonds. The number of esters is 2. The molecule has 0 heterocycles. The van der Waals surface area contributed by atoms with Gasteiger partial charge >= 0.3 is 24.0 Å². The van der Waals surface area contributed by atoms with E-state index in [-0.39, 0.29) is 25.3 Å². The van der Waals surface area contributed by atoms with Crippen molar-refractivity contribution in [1.82, 2.24) is 20.4 Å². The van der Waals surface area contributed by atoms with Crippen LogP contribution in [0.3, 0.4) is 0 Å². The van der Waals surface area contributed by atoms with Crippen LogP contribution in [0.25, 0.3) is 0 Å². The van der Waals surface area contributed by atoms with Crippen molar-refractivity contribution in [3.63, 3.8) is 0 Å². The zero-order valence-electron chi connectivity index (χ0n) is 22.3. The lowest BCUT2D eigenvalue weighted by molar-refractivity contribution is -0.141. The van der Waals surface area contributed by atoms with Gasteiger partial charge in [-0.05, 0) is 24.0 Å². The van der Waals surface area contributed by atoms with E-state index in [0.29, 0.717) is 12.8 Å². The SMILES string of the molecule is CN(C)C(=O)N[C@H](COC(=O)/C=C/C(=O)OC[C@H](Cc1ccccc1)NC(=O)N(C)C)Cc1ccccc1. The molecule has 0 fully saturated rings. The predicted molar refractivity (Wildman–Crippen MR) is 143 cm³/mol. The normalized spacial score (nSPS) is 12.2. The van der Waals surface area contributed by atoms with Crippen molar-refractivity contribution in [2.24, 2.45) is 0 Å². The molecule has 0 radical (unpaired) electrons. The first-order chi connectivity index (χ1) is 18.1. The van der Waals surface area contributed by atoms with Crippen molar-refractivity contribution in [2.75, 3.05) is 41.4 Å². The number of carbonyl (C=O) groups excluding carboxylic acids is 4. The largest absolute Gasteiger partial charge is 0.460 e. The molecule has 0 saturated heterocycles. The number of benzene rings is 2. The second-order valence-electron chi connectivity index (χ2n) is 9.05. The Hall–Kier alpha value is -4.34. The molecule has 2 aromatic carbocycles. The van der Waals surface area contributed by atoms with Crippen molar-refractivity contribution in [3.05, 3.63) is 83.9 Å². The Balaban J connectivity index is 1.89. The molecule has 204 valence electrons. The lowest BCUT2D eigenvalue weighted by atomic mass is 10.1. The first kappa shape index (κ1) is 29.9. The lowest BCUT2D eigenvalue weighted by Gasteiger charge is -2.21. The van der Waals surface area contributed by atoms with Crippen LogP contribution in [0.4, 0.5) is 9.59 Å². The molecule has 2 aromatic rings. The fourth-order valence-electron chi connectivity index (χ4n) is 3.31. The quantitative estimate of drug-likeness (QED) is 0.325. The van der Waals surface area contributed by atoms with Crippen molar-refractivity contribution in [1.29, 1.82) is 0 Å². The molecule has 0 bridgehead atoms. The highest BCUT2D eigenvalue weighted by atomic mass is 16.5. The van der Waals surface area contributed by atoms with Gasteiger partial charge in [-0.2, -0.15) is 0 Å². The van der Waals surface area contributed by atoms with Crippen molar-refractivity contribution < 1.29 is 28.7 Å². The van der Waals surface area contributed by atoms with E-state index in [9.17, 15) is 19.2 Å². The van der Waals surface area contributed by atoms with E-state index in [1.807, 2.05) is 60.7 Å². The Morgan fingerprint density at radius 1 is 0.658 bits per heavy atom. The van der Waals surface area contributed by atoms with Crippen molar-refractivity contribution in [2.45, 2.75) is 24.9 Å². The standard InChI is InChI=1S/C28H36N4O6/c1-31(2)27(35)29-23(17-21-11-7-5-8-12-21)19-37-25(33)15-16-26(34)38-20-24(30-28(36)32(3)4)18-22-13-9-6-10-14-22/h5-16,23-24H,17-20H2,1-4H3,(H,29,35)(H,30,36)/b16-15+/t23-,24-/m0/s1. The van der Waals surface area contributed by atoms with Gasteiger partial charge in [-0.15, -0.1) is 0 Å². The third-order valence-electron chi connectivity index (χ3n) is 5.33. The van der Waals surface area contributed by atoms with E-state index in [2.05, 4.69) is 10.6 Å². The highest BCUT2D eigenvalue weighted by molar-refractivity contribution is 5.91. The molecular weight excluding hydrogens is 488 g/mol. The molecule has 0 aliphatic carbocycles. The lowest BCUT2D eigenvalue weighted by Crippen LogP contribution is -2.45. The Labute approximate surface area is 223 Å². The summed E-state index contributed by atoms with van der Waals surface area (Å²) in [6.45, 7) is -0.162. The molecule has 0 aliphatic rings. The fraction of sp³-hybridized carbons (Fsp3) is 0.357. The van der Waals surface area contributed by atoms with Crippen LogP contribution >= 0.6 is 0 Å². The summed E-state index contributed by atoms with van der Waals surface area (Å²) < 4.78 is 10.5. The predicted octanol–water partition coefficient (Wildman–Crippen LogP) is 2.39. The summed E-state index contributed by atoms with van der Waals surface area (Å²) in [5.41, 5.74) is 1.94. The van der Waals surface area contributed by atoms with Gasteiger partial charge in [0.25, 0.3) is 0 Å². The van der Waals surface area contributed by atoms with Gasteiger partial charge in [0.2, 0.25) is 0 Å². The van der Waals surface area contributed by atoms with E-state index in [4.69, 9.17) is 9.47 Å². The van der Waals surface area contributed by atoms with Crippen molar-refractivity contribution >= 4 is 24.0 Å². The number of carbonyl (C=O) groups is 4. The minimum Gasteiger partial charge on any atom is -0.460 e. The molecule has 2 atom stereocenters. The van der Waals surface area contributed by atoms with Gasteiger partial charge in [-0.1, -0.05) is 60.7 Å². The second kappa shape index (κ2) is 15.7. The van der Waals surface area contributed by atoms with Crippen LogP contribution in [0.5, 0.6) is 0 Å². The maximum absolute atomic E-state index is 12.2. The molecule has 0 saturated carbocycles. The second-order valence-corrected chi connectivity index (χ2v) is 9.05. The Bertz CT molecular complexity index is 988. The van der Waals surface area contributed by atoms with Gasteiger partial charge in [0.1, 0.15) is 13.2 Å². The molecule has 0 unspecified atom stereocenters. The monoisotopic (exact) mass is 524 g/mol. The highest BCUT2D eigenvalue weighted by Gasteiger charge is 2.18. The number of hydrogen-bond donors (Lipinski definition) is 2. The number of urea groups is 2. The summed E-state index contributed by atoms with van der Waals surface area (Å²) in [6.07, 6.45) is 2.86. The van der Waals surface area contributed by atoms with E-state index in [1.165, 1.54) is 9.80 Å². The third-order valence-corrected chi connectivity index (χ3v) is 5.33. The molecule has 0 aliphatic heterocycles. The first-order valence-electron chi connectivity index (χ1n) is 12.2. The number of nitrogens with zero attached hydrogens (tertiary/aromatic N) is 2. The molecule has 10 heteroatoms. The zero-order valence-corrected chi connectivity index (χ0v) is 22.3.